The summed E-state index contributed by atoms with van der Waals surface area (Å²) in [6, 6.07) is 9.07. The molecule has 1 N–H and O–H groups in total. The minimum atomic E-state index is -0.332. The van der Waals surface area contributed by atoms with Crippen LogP contribution in [0.2, 0.25) is 0 Å². The second kappa shape index (κ2) is 5.78. The van der Waals surface area contributed by atoms with E-state index in [1.807, 2.05) is 6.07 Å². The summed E-state index contributed by atoms with van der Waals surface area (Å²) in [5.41, 5.74) is 0.568. The number of anilines is 1. The molecule has 108 valence electrons. The van der Waals surface area contributed by atoms with Gasteiger partial charge in [-0.25, -0.2) is 9.18 Å². The number of halogens is 1. The van der Waals surface area contributed by atoms with E-state index < -0.39 is 0 Å². The zero-order valence-electron chi connectivity index (χ0n) is 11.2. The molecule has 3 rings (SSSR count). The largest absolute Gasteiger partial charge is 0.485 e. The minimum absolute atomic E-state index is 0.0202. The molecular formula is C15H14FN3O2. The zero-order valence-corrected chi connectivity index (χ0v) is 11.2. The summed E-state index contributed by atoms with van der Waals surface area (Å²) in [7, 11) is 0. The van der Waals surface area contributed by atoms with Crippen LogP contribution in [0.4, 0.5) is 14.9 Å². The van der Waals surface area contributed by atoms with Crippen molar-refractivity contribution < 1.29 is 13.9 Å². The Hall–Kier alpha value is -2.63. The van der Waals surface area contributed by atoms with E-state index >= 15 is 0 Å². The van der Waals surface area contributed by atoms with E-state index in [1.165, 1.54) is 24.3 Å². The molecule has 2 amide bonds. The molecule has 0 spiro atoms. The number of hydrogen-bond donors (Lipinski definition) is 1. The van der Waals surface area contributed by atoms with Crippen molar-refractivity contribution in [2.75, 3.05) is 18.4 Å². The molecule has 0 radical (unpaired) electrons. The van der Waals surface area contributed by atoms with E-state index in [2.05, 4.69) is 10.3 Å². The van der Waals surface area contributed by atoms with Gasteiger partial charge in [-0.1, -0.05) is 0 Å². The van der Waals surface area contributed by atoms with Crippen LogP contribution in [0.3, 0.4) is 0 Å². The highest BCUT2D eigenvalue weighted by atomic mass is 19.1. The highest BCUT2D eigenvalue weighted by molar-refractivity contribution is 5.89. The standard InChI is InChI=1S/C15H14FN3O2/c16-11-3-5-12(6-4-11)18-15(20)19-9-14(10-19)21-13-2-1-7-17-8-13/h1-8,14H,9-10H2,(H,18,20). The maximum Gasteiger partial charge on any atom is 0.322 e. The van der Waals surface area contributed by atoms with Crippen LogP contribution in [0.25, 0.3) is 0 Å². The molecule has 1 fully saturated rings. The summed E-state index contributed by atoms with van der Waals surface area (Å²) >= 11 is 0. The third-order valence-corrected chi connectivity index (χ3v) is 3.17. The molecule has 1 aromatic carbocycles. The predicted octanol–water partition coefficient (Wildman–Crippen LogP) is 2.52. The van der Waals surface area contributed by atoms with Crippen LogP contribution in [-0.4, -0.2) is 35.1 Å². The van der Waals surface area contributed by atoms with Crippen LogP contribution < -0.4 is 10.1 Å². The highest BCUT2D eigenvalue weighted by Gasteiger charge is 2.32. The van der Waals surface area contributed by atoms with E-state index in [1.54, 1.807) is 23.4 Å². The number of hydrogen-bond acceptors (Lipinski definition) is 3. The lowest BCUT2D eigenvalue weighted by molar-refractivity contribution is 0.0490. The van der Waals surface area contributed by atoms with Gasteiger partial charge in [0.05, 0.1) is 19.3 Å². The summed E-state index contributed by atoms with van der Waals surface area (Å²) in [5.74, 6) is 0.364. The highest BCUT2D eigenvalue weighted by Crippen LogP contribution is 2.18. The number of benzene rings is 1. The topological polar surface area (TPSA) is 54.5 Å². The monoisotopic (exact) mass is 287 g/mol. The van der Waals surface area contributed by atoms with Crippen LogP contribution in [0.1, 0.15) is 0 Å². The molecule has 1 saturated heterocycles. The van der Waals surface area contributed by atoms with Gasteiger partial charge in [-0.3, -0.25) is 4.98 Å². The Labute approximate surface area is 121 Å². The van der Waals surface area contributed by atoms with Crippen molar-refractivity contribution in [2.45, 2.75) is 6.10 Å². The van der Waals surface area contributed by atoms with Gasteiger partial charge < -0.3 is 15.0 Å². The SMILES string of the molecule is O=C(Nc1ccc(F)cc1)N1CC(Oc2cccnc2)C1. The summed E-state index contributed by atoms with van der Waals surface area (Å²) in [6.07, 6.45) is 3.30. The molecule has 0 bridgehead atoms. The zero-order chi connectivity index (χ0) is 14.7. The maximum absolute atomic E-state index is 12.8. The van der Waals surface area contributed by atoms with Gasteiger partial charge >= 0.3 is 6.03 Å². The summed E-state index contributed by atoms with van der Waals surface area (Å²) in [5, 5.41) is 2.71. The minimum Gasteiger partial charge on any atom is -0.485 e. The average Bonchev–Trinajstić information content (AvgIpc) is 2.46. The van der Waals surface area contributed by atoms with Crippen LogP contribution >= 0.6 is 0 Å². The second-order valence-electron chi connectivity index (χ2n) is 4.77. The molecule has 0 aliphatic carbocycles. The quantitative estimate of drug-likeness (QED) is 0.943. The Morgan fingerprint density at radius 2 is 2.05 bits per heavy atom. The van der Waals surface area contributed by atoms with Crippen molar-refractivity contribution in [3.63, 3.8) is 0 Å². The van der Waals surface area contributed by atoms with Gasteiger partial charge in [0, 0.05) is 11.9 Å². The molecule has 1 aliphatic rings. The number of nitrogens with one attached hydrogen (secondary N) is 1. The molecule has 21 heavy (non-hydrogen) atoms. The van der Waals surface area contributed by atoms with E-state index in [4.69, 9.17) is 4.74 Å². The summed E-state index contributed by atoms with van der Waals surface area (Å²) < 4.78 is 18.4. The summed E-state index contributed by atoms with van der Waals surface area (Å²) in [4.78, 5) is 17.5. The first-order chi connectivity index (χ1) is 10.2. The van der Waals surface area contributed by atoms with E-state index in [-0.39, 0.29) is 18.0 Å². The molecule has 2 aromatic rings. The van der Waals surface area contributed by atoms with Gasteiger partial charge in [0.15, 0.2) is 0 Å². The van der Waals surface area contributed by atoms with E-state index in [0.717, 1.165) is 0 Å². The van der Waals surface area contributed by atoms with Crippen molar-refractivity contribution in [1.82, 2.24) is 9.88 Å². The smallest absolute Gasteiger partial charge is 0.322 e. The van der Waals surface area contributed by atoms with Crippen molar-refractivity contribution in [2.24, 2.45) is 0 Å². The first-order valence-electron chi connectivity index (χ1n) is 6.59. The van der Waals surface area contributed by atoms with Gasteiger partial charge in [0.2, 0.25) is 0 Å². The number of carbonyl (C=O) groups is 1. The van der Waals surface area contributed by atoms with E-state index in [9.17, 15) is 9.18 Å². The number of pyridine rings is 1. The van der Waals surface area contributed by atoms with Crippen molar-refractivity contribution in [1.29, 1.82) is 0 Å². The molecule has 0 atom stereocenters. The van der Waals surface area contributed by atoms with Gasteiger partial charge in [0.1, 0.15) is 17.7 Å². The van der Waals surface area contributed by atoms with Crippen LogP contribution in [0.15, 0.2) is 48.8 Å². The average molecular weight is 287 g/mol. The number of rotatable bonds is 3. The first kappa shape index (κ1) is 13.4. The second-order valence-corrected chi connectivity index (χ2v) is 4.77. The number of amides is 2. The summed E-state index contributed by atoms with van der Waals surface area (Å²) in [6.45, 7) is 1.03. The number of ether oxygens (including phenoxy) is 1. The van der Waals surface area contributed by atoms with Crippen molar-refractivity contribution in [3.05, 3.63) is 54.6 Å². The molecule has 1 aliphatic heterocycles. The molecule has 5 nitrogen and oxygen atoms in total. The number of aromatic nitrogens is 1. The Morgan fingerprint density at radius 3 is 2.71 bits per heavy atom. The molecule has 0 saturated carbocycles. The van der Waals surface area contributed by atoms with E-state index in [0.29, 0.717) is 24.5 Å². The Morgan fingerprint density at radius 1 is 1.29 bits per heavy atom. The molecule has 6 heteroatoms. The lowest BCUT2D eigenvalue weighted by atomic mass is 10.2. The lowest BCUT2D eigenvalue weighted by Gasteiger charge is -2.38. The maximum atomic E-state index is 12.8. The van der Waals surface area contributed by atoms with Crippen LogP contribution in [-0.2, 0) is 0 Å². The predicted molar refractivity (Wildman–Crippen MR) is 75.6 cm³/mol. The first-order valence-corrected chi connectivity index (χ1v) is 6.59. The van der Waals surface area contributed by atoms with Gasteiger partial charge in [-0.2, -0.15) is 0 Å². The van der Waals surface area contributed by atoms with Crippen LogP contribution in [0, 0.1) is 5.82 Å². The number of likely N-dealkylation sites (tertiary alicyclic amines) is 1. The van der Waals surface area contributed by atoms with Crippen LogP contribution in [0.5, 0.6) is 5.75 Å². The lowest BCUT2D eigenvalue weighted by Crippen LogP contribution is -2.57. The third kappa shape index (κ3) is 3.28. The van der Waals surface area contributed by atoms with Crippen molar-refractivity contribution >= 4 is 11.7 Å². The molecule has 2 heterocycles. The van der Waals surface area contributed by atoms with Crippen molar-refractivity contribution in [3.8, 4) is 5.75 Å². The van der Waals surface area contributed by atoms with Gasteiger partial charge in [-0.05, 0) is 36.4 Å². The van der Waals surface area contributed by atoms with Gasteiger partial charge in [0.25, 0.3) is 0 Å². The fourth-order valence-electron chi connectivity index (χ4n) is 2.02. The Balaban J connectivity index is 1.47. The fraction of sp³-hybridized carbons (Fsp3) is 0.200. The molecule has 1 aromatic heterocycles. The Kier molecular flexibility index (Phi) is 3.68. The molecule has 0 unspecified atom stereocenters. The number of carbonyl (C=O) groups excluding carboxylic acids is 1. The number of nitrogens with zero attached hydrogens (tertiary/aromatic N) is 2. The number of urea groups is 1. The van der Waals surface area contributed by atoms with Gasteiger partial charge in [-0.15, -0.1) is 0 Å². The fourth-order valence-corrected chi connectivity index (χ4v) is 2.02. The third-order valence-electron chi connectivity index (χ3n) is 3.17. The normalized spacial score (nSPS) is 14.4. The molecular weight excluding hydrogens is 273 g/mol. The Bertz CT molecular complexity index is 613.